The van der Waals surface area contributed by atoms with Gasteiger partial charge in [0.2, 0.25) is 10.0 Å². The van der Waals surface area contributed by atoms with Crippen molar-refractivity contribution >= 4 is 10.0 Å². The van der Waals surface area contributed by atoms with Gasteiger partial charge in [-0.3, -0.25) is 0 Å². The molecule has 0 spiro atoms. The van der Waals surface area contributed by atoms with Gasteiger partial charge in [-0.25, -0.2) is 12.8 Å². The summed E-state index contributed by atoms with van der Waals surface area (Å²) in [5.41, 5.74) is 0. The molecule has 2 rings (SSSR count). The van der Waals surface area contributed by atoms with Crippen LogP contribution in [0.1, 0.15) is 6.42 Å². The molecule has 0 amide bonds. The Morgan fingerprint density at radius 2 is 2.07 bits per heavy atom. The number of hydrogen-bond donors (Lipinski definition) is 0. The first kappa shape index (κ1) is 10.6. The maximum atomic E-state index is 12.9. The Balaban J connectivity index is 2.28. The van der Waals surface area contributed by atoms with Gasteiger partial charge in [-0.15, -0.1) is 0 Å². The summed E-state index contributed by atoms with van der Waals surface area (Å²) in [7, 11) is -3.50. The van der Waals surface area contributed by atoms with E-state index in [2.05, 4.69) is 6.07 Å². The average Bonchev–Trinajstić information content (AvgIpc) is 2.67. The first-order valence-electron chi connectivity index (χ1n) is 4.71. The minimum atomic E-state index is -3.50. The van der Waals surface area contributed by atoms with Gasteiger partial charge in [-0.05, 0) is 24.6 Å². The number of sulfonamides is 1. The molecule has 0 bridgehead atoms. The van der Waals surface area contributed by atoms with Gasteiger partial charge >= 0.3 is 0 Å². The van der Waals surface area contributed by atoms with Crippen molar-refractivity contribution < 1.29 is 12.8 Å². The van der Waals surface area contributed by atoms with Crippen molar-refractivity contribution in [2.45, 2.75) is 17.5 Å². The normalized spacial score (nSPS) is 23.1. The molecule has 1 saturated heterocycles. The van der Waals surface area contributed by atoms with Crippen LogP contribution in [0.4, 0.5) is 4.39 Å². The van der Waals surface area contributed by atoms with E-state index in [-0.39, 0.29) is 24.4 Å². The van der Waals surface area contributed by atoms with E-state index in [1.165, 1.54) is 28.6 Å². The van der Waals surface area contributed by atoms with Gasteiger partial charge in [-0.2, -0.15) is 4.31 Å². The lowest BCUT2D eigenvalue weighted by molar-refractivity contribution is 0.343. The molecule has 1 unspecified atom stereocenters. The first-order chi connectivity index (χ1) is 7.10. The molecule has 1 radical (unpaired) electrons. The molecule has 1 aromatic rings. The maximum absolute atomic E-state index is 12.9. The monoisotopic (exact) mass is 228 g/mol. The molecule has 1 aromatic carbocycles. The summed E-state index contributed by atoms with van der Waals surface area (Å²) in [5, 5.41) is 0. The predicted molar refractivity (Wildman–Crippen MR) is 53.5 cm³/mol. The highest BCUT2D eigenvalue weighted by Crippen LogP contribution is 2.21. The van der Waals surface area contributed by atoms with Crippen LogP contribution in [-0.4, -0.2) is 32.0 Å². The van der Waals surface area contributed by atoms with Gasteiger partial charge < -0.3 is 0 Å². The van der Waals surface area contributed by atoms with Gasteiger partial charge in [-0.1, -0.05) is 12.1 Å². The standard InChI is InChI=1S/C10H11FNO2S/c11-9-6-7-12(8-9)15(13,14)10-4-2-1-3-5-10/h2-5,9H,6-8H2. The number of nitrogens with zero attached hydrogens (tertiary/aromatic N) is 1. The quantitative estimate of drug-likeness (QED) is 0.763. The molecule has 5 heteroatoms. The number of halogens is 1. The van der Waals surface area contributed by atoms with E-state index in [4.69, 9.17) is 0 Å². The molecule has 0 aliphatic carbocycles. The highest BCUT2D eigenvalue weighted by molar-refractivity contribution is 7.89. The second-order valence-corrected chi connectivity index (χ2v) is 5.42. The van der Waals surface area contributed by atoms with Crippen LogP contribution in [0.3, 0.4) is 0 Å². The molecule has 1 aliphatic rings. The van der Waals surface area contributed by atoms with Crippen LogP contribution < -0.4 is 0 Å². The minimum Gasteiger partial charge on any atom is -0.246 e. The maximum Gasteiger partial charge on any atom is 0.243 e. The summed E-state index contributed by atoms with van der Waals surface area (Å²) in [6.45, 7) is 0.239. The molecule has 81 valence electrons. The zero-order valence-corrected chi connectivity index (χ0v) is 8.87. The Hall–Kier alpha value is -0.940. The van der Waals surface area contributed by atoms with Crippen LogP contribution in [0.15, 0.2) is 29.2 Å². The van der Waals surface area contributed by atoms with Crippen molar-refractivity contribution in [2.24, 2.45) is 0 Å². The lowest BCUT2D eigenvalue weighted by atomic mass is 10.4. The molecule has 1 aliphatic heterocycles. The Morgan fingerprint density at radius 1 is 1.40 bits per heavy atom. The smallest absolute Gasteiger partial charge is 0.243 e. The van der Waals surface area contributed by atoms with Crippen molar-refractivity contribution in [1.82, 2.24) is 4.31 Å². The molecule has 0 saturated carbocycles. The minimum absolute atomic E-state index is 0.0268. The Morgan fingerprint density at radius 3 is 2.60 bits per heavy atom. The van der Waals surface area contributed by atoms with Gasteiger partial charge in [0.15, 0.2) is 0 Å². The summed E-state index contributed by atoms with van der Waals surface area (Å²) in [5.74, 6) is 0. The highest BCUT2D eigenvalue weighted by atomic mass is 32.2. The Bertz CT molecular complexity index is 432. The van der Waals surface area contributed by atoms with E-state index in [0.717, 1.165) is 0 Å². The zero-order valence-electron chi connectivity index (χ0n) is 8.06. The summed E-state index contributed by atoms with van der Waals surface area (Å²) >= 11 is 0. The van der Waals surface area contributed by atoms with E-state index >= 15 is 0 Å². The van der Waals surface area contributed by atoms with Gasteiger partial charge in [0.25, 0.3) is 0 Å². The van der Waals surface area contributed by atoms with E-state index < -0.39 is 16.2 Å². The molecule has 3 nitrogen and oxygen atoms in total. The van der Waals surface area contributed by atoms with Crippen molar-refractivity contribution in [2.75, 3.05) is 13.1 Å². The van der Waals surface area contributed by atoms with Crippen molar-refractivity contribution in [3.63, 3.8) is 0 Å². The van der Waals surface area contributed by atoms with E-state index in [1.54, 1.807) is 0 Å². The fraction of sp³-hybridized carbons (Fsp3) is 0.400. The van der Waals surface area contributed by atoms with Gasteiger partial charge in [0.05, 0.1) is 4.90 Å². The van der Waals surface area contributed by atoms with Gasteiger partial charge in [0.1, 0.15) is 6.17 Å². The first-order valence-corrected chi connectivity index (χ1v) is 6.15. The molecule has 1 fully saturated rings. The molecule has 1 heterocycles. The third-order valence-corrected chi connectivity index (χ3v) is 4.30. The zero-order chi connectivity index (χ0) is 10.9. The van der Waals surface area contributed by atoms with Crippen molar-refractivity contribution in [3.05, 3.63) is 30.3 Å². The van der Waals surface area contributed by atoms with Crippen LogP contribution in [0, 0.1) is 6.07 Å². The number of alkyl halides is 1. The molecule has 0 aromatic heterocycles. The third-order valence-electron chi connectivity index (χ3n) is 2.42. The lowest BCUT2D eigenvalue weighted by Crippen LogP contribution is -2.29. The van der Waals surface area contributed by atoms with Crippen LogP contribution in [0.25, 0.3) is 0 Å². The largest absolute Gasteiger partial charge is 0.246 e. The highest BCUT2D eigenvalue weighted by Gasteiger charge is 2.32. The summed E-state index contributed by atoms with van der Waals surface area (Å²) in [6, 6.07) is 8.77. The second-order valence-electron chi connectivity index (χ2n) is 3.48. The fourth-order valence-corrected chi connectivity index (χ4v) is 3.08. The molecule has 1 atom stereocenters. The van der Waals surface area contributed by atoms with Crippen LogP contribution in [0.2, 0.25) is 0 Å². The number of benzene rings is 1. The van der Waals surface area contributed by atoms with E-state index in [9.17, 15) is 12.8 Å². The number of rotatable bonds is 2. The summed E-state index contributed by atoms with van der Waals surface area (Å²) < 4.78 is 37.9. The van der Waals surface area contributed by atoms with E-state index in [1.807, 2.05) is 0 Å². The number of hydrogen-bond acceptors (Lipinski definition) is 2. The van der Waals surface area contributed by atoms with Crippen LogP contribution in [-0.2, 0) is 10.0 Å². The molecular weight excluding hydrogens is 217 g/mol. The predicted octanol–water partition coefficient (Wildman–Crippen LogP) is 1.22. The van der Waals surface area contributed by atoms with Crippen molar-refractivity contribution in [3.8, 4) is 0 Å². The topological polar surface area (TPSA) is 37.4 Å². The SMILES string of the molecule is O=S(=O)(c1cc[c]cc1)N1CCC(F)C1. The van der Waals surface area contributed by atoms with Gasteiger partial charge in [0, 0.05) is 13.1 Å². The Kier molecular flexibility index (Phi) is 2.75. The lowest BCUT2D eigenvalue weighted by Gasteiger charge is -2.14. The van der Waals surface area contributed by atoms with Crippen molar-refractivity contribution in [1.29, 1.82) is 0 Å². The summed E-state index contributed by atoms with van der Waals surface area (Å²) in [4.78, 5) is 0.204. The van der Waals surface area contributed by atoms with Crippen LogP contribution in [0.5, 0.6) is 0 Å². The van der Waals surface area contributed by atoms with Crippen LogP contribution >= 0.6 is 0 Å². The molecular formula is C10H11FNO2S. The third kappa shape index (κ3) is 2.03. The average molecular weight is 228 g/mol. The van der Waals surface area contributed by atoms with E-state index in [0.29, 0.717) is 0 Å². The second kappa shape index (κ2) is 3.90. The fourth-order valence-electron chi connectivity index (χ4n) is 1.60. The Labute approximate surface area is 88.6 Å². The molecule has 15 heavy (non-hydrogen) atoms. The molecule has 0 N–H and O–H groups in total. The summed E-state index contributed by atoms with van der Waals surface area (Å²) in [6.07, 6.45) is -0.742.